The number of carbonyl (C=O) groups excluding carboxylic acids is 1. The SMILES string of the molecule is CCn1cc(NC(=O)c2sc3c(c(C)nn3C)c2N)cn1. The summed E-state index contributed by atoms with van der Waals surface area (Å²) in [7, 11) is 1.85. The number of fused-ring (bicyclic) bond motifs is 1. The van der Waals surface area contributed by atoms with Gasteiger partial charge in [0, 0.05) is 19.8 Å². The molecule has 0 fully saturated rings. The predicted octanol–water partition coefficient (Wildman–Crippen LogP) is 1.99. The van der Waals surface area contributed by atoms with E-state index in [-0.39, 0.29) is 5.91 Å². The zero-order chi connectivity index (χ0) is 15.1. The molecule has 0 spiro atoms. The lowest BCUT2D eigenvalue weighted by Gasteiger charge is -2.01. The van der Waals surface area contributed by atoms with Gasteiger partial charge in [-0.15, -0.1) is 11.3 Å². The summed E-state index contributed by atoms with van der Waals surface area (Å²) < 4.78 is 3.50. The first-order chi connectivity index (χ1) is 10.0. The number of amides is 1. The van der Waals surface area contributed by atoms with Crippen LogP contribution in [0.2, 0.25) is 0 Å². The predicted molar refractivity (Wildman–Crippen MR) is 83.6 cm³/mol. The average molecular weight is 304 g/mol. The van der Waals surface area contributed by atoms with Crippen molar-refractivity contribution < 1.29 is 4.79 Å². The third kappa shape index (κ3) is 2.17. The number of rotatable bonds is 3. The minimum atomic E-state index is -0.219. The second kappa shape index (κ2) is 4.88. The highest BCUT2D eigenvalue weighted by Crippen LogP contribution is 2.35. The van der Waals surface area contributed by atoms with Gasteiger partial charge in [-0.3, -0.25) is 14.2 Å². The van der Waals surface area contributed by atoms with Crippen LogP contribution < -0.4 is 11.1 Å². The maximum atomic E-state index is 12.4. The molecule has 0 aliphatic heterocycles. The topological polar surface area (TPSA) is 90.8 Å². The van der Waals surface area contributed by atoms with E-state index in [1.54, 1.807) is 21.8 Å². The highest BCUT2D eigenvalue weighted by Gasteiger charge is 2.21. The van der Waals surface area contributed by atoms with E-state index < -0.39 is 0 Å². The highest BCUT2D eigenvalue weighted by molar-refractivity contribution is 7.21. The fourth-order valence-electron chi connectivity index (χ4n) is 2.29. The third-order valence-electron chi connectivity index (χ3n) is 3.30. The zero-order valence-electron chi connectivity index (χ0n) is 12.0. The number of nitrogens with one attached hydrogen (secondary N) is 1. The normalized spacial score (nSPS) is 11.2. The van der Waals surface area contributed by atoms with Crippen molar-refractivity contribution >= 4 is 38.8 Å². The fourth-order valence-corrected chi connectivity index (χ4v) is 3.37. The second-order valence-corrected chi connectivity index (χ2v) is 5.77. The quantitative estimate of drug-likeness (QED) is 0.774. The van der Waals surface area contributed by atoms with Gasteiger partial charge in [0.2, 0.25) is 0 Å². The smallest absolute Gasteiger partial charge is 0.268 e. The largest absolute Gasteiger partial charge is 0.397 e. The summed E-state index contributed by atoms with van der Waals surface area (Å²) in [6.07, 6.45) is 3.41. The maximum Gasteiger partial charge on any atom is 0.268 e. The maximum absolute atomic E-state index is 12.4. The van der Waals surface area contributed by atoms with E-state index in [1.807, 2.05) is 20.9 Å². The third-order valence-corrected chi connectivity index (χ3v) is 4.57. The first-order valence-corrected chi connectivity index (χ1v) is 7.38. The van der Waals surface area contributed by atoms with Gasteiger partial charge >= 0.3 is 0 Å². The number of anilines is 2. The minimum absolute atomic E-state index is 0.219. The van der Waals surface area contributed by atoms with Crippen LogP contribution in [0.4, 0.5) is 11.4 Å². The van der Waals surface area contributed by atoms with Crippen LogP contribution in [0, 0.1) is 6.92 Å². The summed E-state index contributed by atoms with van der Waals surface area (Å²) in [6.45, 7) is 4.63. The van der Waals surface area contributed by atoms with Gasteiger partial charge in [0.05, 0.1) is 28.7 Å². The Hall–Kier alpha value is -2.35. The van der Waals surface area contributed by atoms with E-state index in [4.69, 9.17) is 5.73 Å². The summed E-state index contributed by atoms with van der Waals surface area (Å²) >= 11 is 1.35. The Morgan fingerprint density at radius 3 is 2.90 bits per heavy atom. The molecule has 3 N–H and O–H groups in total. The highest BCUT2D eigenvalue weighted by atomic mass is 32.1. The number of hydrogen-bond acceptors (Lipinski definition) is 5. The number of nitrogens with zero attached hydrogens (tertiary/aromatic N) is 4. The molecular weight excluding hydrogens is 288 g/mol. The Morgan fingerprint density at radius 1 is 1.52 bits per heavy atom. The average Bonchev–Trinajstić information content (AvgIpc) is 3.09. The first-order valence-electron chi connectivity index (χ1n) is 6.56. The molecule has 0 atom stereocenters. The van der Waals surface area contributed by atoms with Gasteiger partial charge in [0.25, 0.3) is 5.91 Å². The number of carbonyl (C=O) groups is 1. The van der Waals surface area contributed by atoms with Gasteiger partial charge in [-0.2, -0.15) is 10.2 Å². The first kappa shape index (κ1) is 13.6. The molecule has 7 nitrogen and oxygen atoms in total. The molecule has 3 rings (SSSR count). The molecule has 0 saturated heterocycles. The monoisotopic (exact) mass is 304 g/mol. The molecule has 0 bridgehead atoms. The molecule has 3 aromatic heterocycles. The zero-order valence-corrected chi connectivity index (χ0v) is 12.9. The molecular formula is C13H16N6OS. The van der Waals surface area contributed by atoms with E-state index >= 15 is 0 Å². The van der Waals surface area contributed by atoms with Gasteiger partial charge in [-0.1, -0.05) is 0 Å². The van der Waals surface area contributed by atoms with E-state index in [0.29, 0.717) is 16.3 Å². The number of hydrogen-bond donors (Lipinski definition) is 2. The van der Waals surface area contributed by atoms with Crippen molar-refractivity contribution in [3.63, 3.8) is 0 Å². The van der Waals surface area contributed by atoms with Crippen molar-refractivity contribution in [2.24, 2.45) is 7.05 Å². The number of nitrogens with two attached hydrogens (primary N) is 1. The Kier molecular flexibility index (Phi) is 3.17. The molecule has 110 valence electrons. The Balaban J connectivity index is 1.94. The van der Waals surface area contributed by atoms with Gasteiger partial charge in [-0.25, -0.2) is 0 Å². The molecule has 0 radical (unpaired) electrons. The van der Waals surface area contributed by atoms with Crippen LogP contribution in [0.25, 0.3) is 10.2 Å². The molecule has 0 aromatic carbocycles. The van der Waals surface area contributed by atoms with Crippen LogP contribution in [0.1, 0.15) is 22.3 Å². The number of aryl methyl sites for hydroxylation is 3. The van der Waals surface area contributed by atoms with Gasteiger partial charge in [0.1, 0.15) is 9.71 Å². The Labute approximate surface area is 125 Å². The second-order valence-electron chi connectivity index (χ2n) is 4.77. The molecule has 0 unspecified atom stereocenters. The van der Waals surface area contributed by atoms with E-state index in [2.05, 4.69) is 15.5 Å². The molecule has 1 amide bonds. The van der Waals surface area contributed by atoms with Crippen molar-refractivity contribution in [3.8, 4) is 0 Å². The fraction of sp³-hybridized carbons (Fsp3) is 0.308. The van der Waals surface area contributed by atoms with Gasteiger partial charge in [0.15, 0.2) is 0 Å². The number of aromatic nitrogens is 4. The summed E-state index contributed by atoms with van der Waals surface area (Å²) in [6, 6.07) is 0. The molecule has 8 heteroatoms. The number of thiophene rings is 1. The van der Waals surface area contributed by atoms with E-state index in [1.165, 1.54) is 11.3 Å². The molecule has 0 aliphatic rings. The van der Waals surface area contributed by atoms with E-state index in [9.17, 15) is 4.79 Å². The van der Waals surface area contributed by atoms with Crippen molar-refractivity contribution in [2.75, 3.05) is 11.1 Å². The lowest BCUT2D eigenvalue weighted by molar-refractivity contribution is 0.103. The van der Waals surface area contributed by atoms with E-state index in [0.717, 1.165) is 22.5 Å². The summed E-state index contributed by atoms with van der Waals surface area (Å²) in [5.74, 6) is -0.219. The van der Waals surface area contributed by atoms with Crippen LogP contribution in [0.15, 0.2) is 12.4 Å². The molecule has 0 aliphatic carbocycles. The minimum Gasteiger partial charge on any atom is -0.397 e. The van der Waals surface area contributed by atoms with Crippen LogP contribution in [0.3, 0.4) is 0 Å². The van der Waals surface area contributed by atoms with Gasteiger partial charge in [-0.05, 0) is 13.8 Å². The van der Waals surface area contributed by atoms with Crippen LogP contribution >= 0.6 is 11.3 Å². The van der Waals surface area contributed by atoms with Crippen molar-refractivity contribution in [1.82, 2.24) is 19.6 Å². The molecule has 3 heterocycles. The lowest BCUT2D eigenvalue weighted by Crippen LogP contribution is -2.11. The van der Waals surface area contributed by atoms with Crippen LogP contribution in [-0.2, 0) is 13.6 Å². The Bertz CT molecular complexity index is 827. The molecule has 21 heavy (non-hydrogen) atoms. The van der Waals surface area contributed by atoms with Crippen LogP contribution in [-0.4, -0.2) is 25.5 Å². The molecule has 0 saturated carbocycles. The molecule has 3 aromatic rings. The standard InChI is InChI=1S/C13H16N6OS/c1-4-19-6-8(5-15-19)16-12(20)11-10(14)9-7(2)17-18(3)13(9)21-11/h5-6H,4,14H2,1-3H3,(H,16,20). The van der Waals surface area contributed by atoms with Crippen molar-refractivity contribution in [1.29, 1.82) is 0 Å². The summed E-state index contributed by atoms with van der Waals surface area (Å²) in [5.41, 5.74) is 8.09. The van der Waals surface area contributed by atoms with Crippen molar-refractivity contribution in [3.05, 3.63) is 23.0 Å². The summed E-state index contributed by atoms with van der Waals surface area (Å²) in [5, 5.41) is 12.1. The summed E-state index contributed by atoms with van der Waals surface area (Å²) in [4.78, 5) is 13.8. The van der Waals surface area contributed by atoms with Crippen LogP contribution in [0.5, 0.6) is 0 Å². The van der Waals surface area contributed by atoms with Gasteiger partial charge < -0.3 is 11.1 Å². The number of nitrogen functional groups attached to an aromatic ring is 1. The van der Waals surface area contributed by atoms with Crippen molar-refractivity contribution in [2.45, 2.75) is 20.4 Å². The lowest BCUT2D eigenvalue weighted by atomic mass is 10.2. The Morgan fingerprint density at radius 2 is 2.29 bits per heavy atom.